The molecule has 0 fully saturated rings. The van der Waals surface area contributed by atoms with Crippen molar-refractivity contribution >= 4 is 28.6 Å². The van der Waals surface area contributed by atoms with Crippen LogP contribution in [0.4, 0.5) is 4.39 Å². The van der Waals surface area contributed by atoms with Crippen molar-refractivity contribution in [1.29, 1.82) is 0 Å². The lowest BCUT2D eigenvalue weighted by molar-refractivity contribution is -0.119. The van der Waals surface area contributed by atoms with Crippen LogP contribution in [0.2, 0.25) is 0 Å². The van der Waals surface area contributed by atoms with Gasteiger partial charge in [0.15, 0.2) is 0 Å². The highest BCUT2D eigenvalue weighted by Gasteiger charge is 2.14. The van der Waals surface area contributed by atoms with E-state index in [9.17, 15) is 9.18 Å². The number of thioether (sulfide) groups is 1. The van der Waals surface area contributed by atoms with E-state index < -0.39 is 0 Å². The van der Waals surface area contributed by atoms with Crippen LogP contribution in [0.25, 0.3) is 11.0 Å². The van der Waals surface area contributed by atoms with Crippen LogP contribution in [-0.4, -0.2) is 11.7 Å². The fraction of sp³-hybridized carbons (Fsp3) is 0.167. The zero-order chi connectivity index (χ0) is 16.2. The second-order valence-electron chi connectivity index (χ2n) is 5.19. The Bertz CT molecular complexity index is 798. The van der Waals surface area contributed by atoms with Crippen molar-refractivity contribution in [2.24, 2.45) is 0 Å². The van der Waals surface area contributed by atoms with Gasteiger partial charge in [-0.25, -0.2) is 4.39 Å². The zero-order valence-corrected chi connectivity index (χ0v) is 13.4. The number of benzene rings is 2. The standard InChI is InChI=1S/C18H16FNO2S/c1-12(16-10-13-6-2-4-8-15(13)22-16)20-18(21)11-23-17-9-5-3-7-14(17)19/h2-10,12H,11H2,1H3,(H,20,21)/t12-/m1/s1. The van der Waals surface area contributed by atoms with Gasteiger partial charge in [0.2, 0.25) is 5.91 Å². The number of halogens is 1. The Hall–Kier alpha value is -2.27. The summed E-state index contributed by atoms with van der Waals surface area (Å²) in [5.74, 6) is 0.392. The van der Waals surface area contributed by atoms with E-state index >= 15 is 0 Å². The van der Waals surface area contributed by atoms with Gasteiger partial charge in [-0.3, -0.25) is 4.79 Å². The Morgan fingerprint density at radius 2 is 1.96 bits per heavy atom. The van der Waals surface area contributed by atoms with Gasteiger partial charge in [0.25, 0.3) is 0 Å². The summed E-state index contributed by atoms with van der Waals surface area (Å²) in [6.07, 6.45) is 0. The molecule has 118 valence electrons. The van der Waals surface area contributed by atoms with Gasteiger partial charge in [-0.15, -0.1) is 11.8 Å². The summed E-state index contributed by atoms with van der Waals surface area (Å²) in [7, 11) is 0. The fourth-order valence-electron chi connectivity index (χ4n) is 2.28. The number of furan rings is 1. The Kier molecular flexibility index (Phi) is 4.67. The van der Waals surface area contributed by atoms with Gasteiger partial charge >= 0.3 is 0 Å². The van der Waals surface area contributed by atoms with Gasteiger partial charge < -0.3 is 9.73 Å². The van der Waals surface area contributed by atoms with Crippen LogP contribution in [0, 0.1) is 5.82 Å². The molecule has 1 N–H and O–H groups in total. The second-order valence-corrected chi connectivity index (χ2v) is 6.21. The lowest BCUT2D eigenvalue weighted by atomic mass is 10.2. The number of fused-ring (bicyclic) bond motifs is 1. The van der Waals surface area contributed by atoms with Gasteiger partial charge in [0.1, 0.15) is 17.2 Å². The number of amides is 1. The monoisotopic (exact) mass is 329 g/mol. The number of hydrogen-bond donors (Lipinski definition) is 1. The third-order valence-electron chi connectivity index (χ3n) is 3.44. The summed E-state index contributed by atoms with van der Waals surface area (Å²) < 4.78 is 19.2. The zero-order valence-electron chi connectivity index (χ0n) is 12.6. The smallest absolute Gasteiger partial charge is 0.230 e. The number of nitrogens with one attached hydrogen (secondary N) is 1. The molecule has 0 aliphatic carbocycles. The molecule has 0 radical (unpaired) electrons. The quantitative estimate of drug-likeness (QED) is 0.699. The van der Waals surface area contributed by atoms with Crippen molar-refractivity contribution in [1.82, 2.24) is 5.32 Å². The predicted molar refractivity (Wildman–Crippen MR) is 89.9 cm³/mol. The van der Waals surface area contributed by atoms with E-state index in [0.717, 1.165) is 11.0 Å². The van der Waals surface area contributed by atoms with E-state index in [2.05, 4.69) is 5.32 Å². The number of para-hydroxylation sites is 1. The maximum Gasteiger partial charge on any atom is 0.230 e. The molecule has 0 aliphatic rings. The maximum atomic E-state index is 13.5. The minimum Gasteiger partial charge on any atom is -0.459 e. The van der Waals surface area contributed by atoms with Crippen LogP contribution >= 0.6 is 11.8 Å². The molecule has 5 heteroatoms. The molecule has 0 aliphatic heterocycles. The van der Waals surface area contributed by atoms with Crippen molar-refractivity contribution in [3.8, 4) is 0 Å². The summed E-state index contributed by atoms with van der Waals surface area (Å²) in [6.45, 7) is 1.86. The van der Waals surface area contributed by atoms with E-state index in [-0.39, 0.29) is 23.5 Å². The van der Waals surface area contributed by atoms with Gasteiger partial charge in [0, 0.05) is 10.3 Å². The van der Waals surface area contributed by atoms with Crippen LogP contribution in [0.3, 0.4) is 0 Å². The van der Waals surface area contributed by atoms with E-state index in [1.807, 2.05) is 37.3 Å². The lowest BCUT2D eigenvalue weighted by Gasteiger charge is -2.11. The van der Waals surface area contributed by atoms with Crippen molar-refractivity contribution in [2.75, 3.05) is 5.75 Å². The van der Waals surface area contributed by atoms with E-state index in [1.54, 1.807) is 18.2 Å². The average molecular weight is 329 g/mol. The topological polar surface area (TPSA) is 42.2 Å². The number of hydrogen-bond acceptors (Lipinski definition) is 3. The molecule has 2 aromatic carbocycles. The predicted octanol–water partition coefficient (Wildman–Crippen LogP) is 4.54. The molecule has 0 bridgehead atoms. The molecule has 3 nitrogen and oxygen atoms in total. The van der Waals surface area contributed by atoms with Gasteiger partial charge in [0.05, 0.1) is 11.8 Å². The molecule has 1 atom stereocenters. The largest absolute Gasteiger partial charge is 0.459 e. The van der Waals surface area contributed by atoms with Crippen molar-refractivity contribution in [3.63, 3.8) is 0 Å². The molecule has 1 heterocycles. The first-order valence-electron chi connectivity index (χ1n) is 7.28. The maximum absolute atomic E-state index is 13.5. The number of carbonyl (C=O) groups is 1. The molecule has 3 aromatic rings. The minimum absolute atomic E-state index is 0.158. The molecule has 1 aromatic heterocycles. The molecule has 3 rings (SSSR count). The minimum atomic E-state index is -0.310. The third kappa shape index (κ3) is 3.74. The van der Waals surface area contributed by atoms with Crippen LogP contribution in [0.1, 0.15) is 18.7 Å². The second kappa shape index (κ2) is 6.87. The summed E-state index contributed by atoms with van der Waals surface area (Å²) >= 11 is 1.18. The van der Waals surface area contributed by atoms with Crippen molar-refractivity contribution < 1.29 is 13.6 Å². The molecule has 23 heavy (non-hydrogen) atoms. The van der Waals surface area contributed by atoms with Crippen LogP contribution < -0.4 is 5.32 Å². The SMILES string of the molecule is C[C@@H](NC(=O)CSc1ccccc1F)c1cc2ccccc2o1. The van der Waals surface area contributed by atoms with Gasteiger partial charge in [-0.05, 0) is 31.2 Å². The average Bonchev–Trinajstić information content (AvgIpc) is 2.98. The molecular formula is C18H16FNO2S. The van der Waals surface area contributed by atoms with Gasteiger partial charge in [-0.1, -0.05) is 30.3 Å². The molecule has 1 amide bonds. The Balaban J connectivity index is 1.60. The summed E-state index contributed by atoms with van der Waals surface area (Å²) in [5, 5.41) is 3.87. The summed E-state index contributed by atoms with van der Waals surface area (Å²) in [6, 6.07) is 15.8. The highest BCUT2D eigenvalue weighted by molar-refractivity contribution is 8.00. The van der Waals surface area contributed by atoms with Crippen molar-refractivity contribution in [2.45, 2.75) is 17.9 Å². The first-order valence-corrected chi connectivity index (χ1v) is 8.27. The Morgan fingerprint density at radius 3 is 2.74 bits per heavy atom. The fourth-order valence-corrected chi connectivity index (χ4v) is 3.03. The van der Waals surface area contributed by atoms with Crippen LogP contribution in [0.15, 0.2) is 63.9 Å². The summed E-state index contributed by atoms with van der Waals surface area (Å²) in [4.78, 5) is 12.5. The molecule has 0 unspecified atom stereocenters. The van der Waals surface area contributed by atoms with Crippen molar-refractivity contribution in [3.05, 3.63) is 66.2 Å². The number of carbonyl (C=O) groups excluding carboxylic acids is 1. The number of rotatable bonds is 5. The van der Waals surface area contributed by atoms with Crippen LogP contribution in [0.5, 0.6) is 0 Å². The molecule has 0 spiro atoms. The normalized spacial score (nSPS) is 12.3. The molecular weight excluding hydrogens is 313 g/mol. The summed E-state index contributed by atoms with van der Waals surface area (Å²) in [5.41, 5.74) is 0.796. The third-order valence-corrected chi connectivity index (χ3v) is 4.49. The van der Waals surface area contributed by atoms with Gasteiger partial charge in [-0.2, -0.15) is 0 Å². The Morgan fingerprint density at radius 1 is 1.22 bits per heavy atom. The Labute approximate surface area is 137 Å². The first kappa shape index (κ1) is 15.6. The highest BCUT2D eigenvalue weighted by atomic mass is 32.2. The highest BCUT2D eigenvalue weighted by Crippen LogP contribution is 2.24. The van der Waals surface area contributed by atoms with E-state index in [4.69, 9.17) is 4.42 Å². The molecule has 0 saturated carbocycles. The molecule has 0 saturated heterocycles. The van der Waals surface area contributed by atoms with E-state index in [1.165, 1.54) is 17.8 Å². The van der Waals surface area contributed by atoms with E-state index in [0.29, 0.717) is 10.7 Å². The first-order chi connectivity index (χ1) is 11.1. The lowest BCUT2D eigenvalue weighted by Crippen LogP contribution is -2.27. The van der Waals surface area contributed by atoms with Crippen LogP contribution in [-0.2, 0) is 4.79 Å².